The number of hydrogen-bond acceptors (Lipinski definition) is 5. The van der Waals surface area contributed by atoms with Gasteiger partial charge >= 0.3 is 5.69 Å². The van der Waals surface area contributed by atoms with Gasteiger partial charge in [-0.2, -0.15) is 5.10 Å². The zero-order valence-electron chi connectivity index (χ0n) is 7.95. The molecule has 0 bridgehead atoms. The van der Waals surface area contributed by atoms with Gasteiger partial charge < -0.3 is 10.8 Å². The Morgan fingerprint density at radius 1 is 1.69 bits per heavy atom. The second-order valence-electron chi connectivity index (χ2n) is 2.74. The Morgan fingerprint density at radius 3 is 2.94 bits per heavy atom. The molecule has 7 nitrogen and oxygen atoms in total. The SMILES string of the molecule is NC(=S)N/N=C\c1ccc(O)c([N+](=O)[O-])c1. The molecule has 1 aromatic rings. The van der Waals surface area contributed by atoms with Gasteiger partial charge in [0, 0.05) is 11.6 Å². The van der Waals surface area contributed by atoms with Crippen molar-refractivity contribution in [3.63, 3.8) is 0 Å². The summed E-state index contributed by atoms with van der Waals surface area (Å²) in [6.45, 7) is 0. The predicted octanol–water partition coefficient (Wildman–Crippen LogP) is 0.468. The number of hydrogen-bond donors (Lipinski definition) is 3. The van der Waals surface area contributed by atoms with Crippen molar-refractivity contribution in [1.29, 1.82) is 0 Å². The lowest BCUT2D eigenvalue weighted by atomic mass is 10.2. The molecule has 1 rings (SSSR count). The minimum atomic E-state index is -0.687. The number of nitro benzene ring substituents is 1. The van der Waals surface area contributed by atoms with E-state index in [4.69, 9.17) is 5.73 Å². The number of rotatable bonds is 3. The van der Waals surface area contributed by atoms with Crippen LogP contribution < -0.4 is 11.2 Å². The number of aromatic hydroxyl groups is 1. The molecule has 4 N–H and O–H groups in total. The van der Waals surface area contributed by atoms with E-state index in [1.807, 2.05) is 0 Å². The minimum Gasteiger partial charge on any atom is -0.502 e. The number of benzene rings is 1. The summed E-state index contributed by atoms with van der Waals surface area (Å²) in [5.74, 6) is -0.399. The lowest BCUT2D eigenvalue weighted by molar-refractivity contribution is -0.385. The molecule has 0 heterocycles. The Morgan fingerprint density at radius 2 is 2.38 bits per heavy atom. The Labute approximate surface area is 95.7 Å². The number of thiocarbonyl (C=S) groups is 1. The molecule has 84 valence electrons. The van der Waals surface area contributed by atoms with Crippen molar-refractivity contribution < 1.29 is 10.0 Å². The van der Waals surface area contributed by atoms with Gasteiger partial charge in [0.05, 0.1) is 11.1 Å². The molecule has 0 unspecified atom stereocenters. The maximum Gasteiger partial charge on any atom is 0.311 e. The van der Waals surface area contributed by atoms with Crippen molar-refractivity contribution in [2.75, 3.05) is 0 Å². The van der Waals surface area contributed by atoms with Crippen LogP contribution in [-0.2, 0) is 0 Å². The lowest BCUT2D eigenvalue weighted by Gasteiger charge is -1.97. The third-order valence-electron chi connectivity index (χ3n) is 1.58. The van der Waals surface area contributed by atoms with Crippen LogP contribution in [0.5, 0.6) is 5.75 Å². The summed E-state index contributed by atoms with van der Waals surface area (Å²) in [6.07, 6.45) is 1.30. The fourth-order valence-corrected chi connectivity index (χ4v) is 0.990. The van der Waals surface area contributed by atoms with E-state index >= 15 is 0 Å². The molecule has 0 saturated heterocycles. The monoisotopic (exact) mass is 240 g/mol. The fraction of sp³-hybridized carbons (Fsp3) is 0. The van der Waals surface area contributed by atoms with E-state index in [9.17, 15) is 15.2 Å². The van der Waals surface area contributed by atoms with Gasteiger partial charge in [-0.25, -0.2) is 0 Å². The molecule has 0 amide bonds. The van der Waals surface area contributed by atoms with Crippen LogP contribution in [0.2, 0.25) is 0 Å². The second-order valence-corrected chi connectivity index (χ2v) is 3.18. The molecular formula is C8H8N4O3S. The van der Waals surface area contributed by atoms with Crippen molar-refractivity contribution in [2.45, 2.75) is 0 Å². The first-order chi connectivity index (χ1) is 7.50. The van der Waals surface area contributed by atoms with Crippen LogP contribution in [0.25, 0.3) is 0 Å². The van der Waals surface area contributed by atoms with Gasteiger partial charge in [0.15, 0.2) is 10.9 Å². The Hall–Kier alpha value is -2.22. The highest BCUT2D eigenvalue weighted by molar-refractivity contribution is 7.80. The van der Waals surface area contributed by atoms with E-state index in [0.717, 1.165) is 0 Å². The zero-order chi connectivity index (χ0) is 12.1. The summed E-state index contributed by atoms with van der Waals surface area (Å²) in [4.78, 5) is 9.81. The van der Waals surface area contributed by atoms with Crippen LogP contribution in [0.15, 0.2) is 23.3 Å². The maximum atomic E-state index is 10.5. The van der Waals surface area contributed by atoms with Gasteiger partial charge in [-0.1, -0.05) is 0 Å². The van der Waals surface area contributed by atoms with Gasteiger partial charge in [-0.15, -0.1) is 0 Å². The average Bonchev–Trinajstić information content (AvgIpc) is 2.19. The van der Waals surface area contributed by atoms with Crippen LogP contribution in [-0.4, -0.2) is 21.4 Å². The molecule has 0 aliphatic heterocycles. The number of nitrogens with one attached hydrogen (secondary N) is 1. The van der Waals surface area contributed by atoms with Gasteiger partial charge in [0.1, 0.15) is 0 Å². The molecule has 16 heavy (non-hydrogen) atoms. The standard InChI is InChI=1S/C8H8N4O3S/c9-8(16)11-10-4-5-1-2-7(13)6(3-5)12(14)15/h1-4,13H,(H3,9,11,16)/b10-4-. The first kappa shape index (κ1) is 11.9. The van der Waals surface area contributed by atoms with Crippen molar-refractivity contribution in [2.24, 2.45) is 10.8 Å². The number of nitro groups is 1. The second kappa shape index (κ2) is 5.03. The highest BCUT2D eigenvalue weighted by Crippen LogP contribution is 2.25. The molecule has 0 atom stereocenters. The Balaban J connectivity index is 2.91. The Kier molecular flexibility index (Phi) is 3.72. The van der Waals surface area contributed by atoms with Crippen LogP contribution >= 0.6 is 12.2 Å². The highest BCUT2D eigenvalue weighted by atomic mass is 32.1. The molecule has 8 heteroatoms. The highest BCUT2D eigenvalue weighted by Gasteiger charge is 2.12. The van der Waals surface area contributed by atoms with E-state index in [0.29, 0.717) is 5.56 Å². The molecule has 0 aliphatic carbocycles. The molecule has 0 fully saturated rings. The van der Waals surface area contributed by atoms with Crippen LogP contribution in [0, 0.1) is 10.1 Å². The maximum absolute atomic E-state index is 10.5. The lowest BCUT2D eigenvalue weighted by Crippen LogP contribution is -2.23. The third kappa shape index (κ3) is 3.17. The normalized spacial score (nSPS) is 10.2. The van der Waals surface area contributed by atoms with E-state index in [1.165, 1.54) is 24.4 Å². The summed E-state index contributed by atoms with van der Waals surface area (Å²) in [7, 11) is 0. The fourth-order valence-electron chi connectivity index (χ4n) is 0.937. The van der Waals surface area contributed by atoms with E-state index < -0.39 is 10.7 Å². The molecule has 0 radical (unpaired) electrons. The van der Waals surface area contributed by atoms with Gasteiger partial charge in [0.25, 0.3) is 0 Å². The molecule has 0 aromatic heterocycles. The van der Waals surface area contributed by atoms with Gasteiger partial charge in [-0.05, 0) is 24.4 Å². The first-order valence-electron chi connectivity index (χ1n) is 4.06. The van der Waals surface area contributed by atoms with Crippen LogP contribution in [0.3, 0.4) is 0 Å². The number of nitrogens with two attached hydrogens (primary N) is 1. The largest absolute Gasteiger partial charge is 0.502 e. The van der Waals surface area contributed by atoms with Crippen LogP contribution in [0.4, 0.5) is 5.69 Å². The van der Waals surface area contributed by atoms with Crippen molar-refractivity contribution in [3.8, 4) is 5.75 Å². The quantitative estimate of drug-likeness (QED) is 0.306. The van der Waals surface area contributed by atoms with Crippen molar-refractivity contribution in [3.05, 3.63) is 33.9 Å². The van der Waals surface area contributed by atoms with E-state index in [1.54, 1.807) is 0 Å². The van der Waals surface area contributed by atoms with E-state index in [2.05, 4.69) is 22.7 Å². The van der Waals surface area contributed by atoms with E-state index in [-0.39, 0.29) is 10.8 Å². The molecule has 0 saturated carbocycles. The topological polar surface area (TPSA) is 114 Å². The minimum absolute atomic E-state index is 0.00970. The third-order valence-corrected chi connectivity index (χ3v) is 1.68. The molecule has 0 spiro atoms. The first-order valence-corrected chi connectivity index (χ1v) is 4.47. The molecule has 1 aromatic carbocycles. The van der Waals surface area contributed by atoms with Crippen molar-refractivity contribution >= 4 is 29.2 Å². The Bertz CT molecular complexity index is 461. The van der Waals surface area contributed by atoms with Crippen LogP contribution in [0.1, 0.15) is 5.56 Å². The van der Waals surface area contributed by atoms with Gasteiger partial charge in [-0.3, -0.25) is 15.5 Å². The number of phenolic OH excluding ortho intramolecular Hbond substituents is 1. The zero-order valence-corrected chi connectivity index (χ0v) is 8.77. The molecular weight excluding hydrogens is 232 g/mol. The molecule has 0 aliphatic rings. The summed E-state index contributed by atoms with van der Waals surface area (Å²) in [6, 6.07) is 3.85. The number of hydrazone groups is 1. The van der Waals surface area contributed by atoms with Gasteiger partial charge in [0.2, 0.25) is 0 Å². The summed E-state index contributed by atoms with van der Waals surface area (Å²) in [5.41, 5.74) is 7.47. The number of nitrogens with zero attached hydrogens (tertiary/aromatic N) is 2. The predicted molar refractivity (Wildman–Crippen MR) is 62.3 cm³/mol. The summed E-state index contributed by atoms with van der Waals surface area (Å²) in [5, 5.41) is 23.3. The average molecular weight is 240 g/mol. The smallest absolute Gasteiger partial charge is 0.311 e. The van der Waals surface area contributed by atoms with Crippen molar-refractivity contribution in [1.82, 2.24) is 5.43 Å². The number of phenols is 1. The summed E-state index contributed by atoms with van der Waals surface area (Å²) < 4.78 is 0. The summed E-state index contributed by atoms with van der Waals surface area (Å²) >= 11 is 4.50.